The molecule has 0 saturated heterocycles. The number of alkyl halides is 6. The fraction of sp³-hybridized carbons (Fsp3) is 0.409. The van der Waals surface area contributed by atoms with Crippen molar-refractivity contribution in [3.05, 3.63) is 117 Å². The van der Waals surface area contributed by atoms with E-state index in [4.69, 9.17) is 4.74 Å². The molecule has 4 aliphatic heterocycles. The largest absolute Gasteiger partial charge is 0.573 e. The maximum atomic E-state index is 14.1. The lowest BCUT2D eigenvalue weighted by molar-refractivity contribution is -0.870. The van der Waals surface area contributed by atoms with Gasteiger partial charge in [-0.05, 0) is 48.5 Å². The molecule has 10 rings (SSSR count). The van der Waals surface area contributed by atoms with Gasteiger partial charge in [0, 0.05) is 80.4 Å². The maximum absolute atomic E-state index is 14.1. The van der Waals surface area contributed by atoms with Gasteiger partial charge >= 0.3 is 24.9 Å². The molecule has 4 aromatic heterocycles. The normalized spacial score (nSPS) is 17.7. The van der Waals surface area contributed by atoms with Crippen LogP contribution >= 0.6 is 0 Å². The van der Waals surface area contributed by atoms with Crippen LogP contribution in [-0.4, -0.2) is 151 Å². The average molecular weight is 1030 g/mol. The van der Waals surface area contributed by atoms with E-state index in [2.05, 4.69) is 50.5 Å². The summed E-state index contributed by atoms with van der Waals surface area (Å²) in [6.07, 6.45) is -9.43. The molecule has 8 heterocycles. The molecule has 0 aliphatic carbocycles. The molecule has 0 fully saturated rings. The van der Waals surface area contributed by atoms with Crippen molar-refractivity contribution in [2.45, 2.75) is 77.7 Å². The number of fused-ring (bicyclic) bond motifs is 4. The minimum atomic E-state index is -4.94. The van der Waals surface area contributed by atoms with Crippen LogP contribution in [0.25, 0.3) is 0 Å². The van der Waals surface area contributed by atoms with Crippen LogP contribution in [0.3, 0.4) is 0 Å². The molecule has 22 nitrogen and oxygen atoms in total. The van der Waals surface area contributed by atoms with Crippen molar-refractivity contribution in [3.8, 4) is 11.5 Å². The summed E-state index contributed by atoms with van der Waals surface area (Å²) in [7, 11) is 0. The maximum Gasteiger partial charge on any atom is 0.573 e. The molecule has 6 aromatic rings. The Morgan fingerprint density at radius 3 is 1.77 bits per heavy atom. The van der Waals surface area contributed by atoms with E-state index in [9.17, 15) is 55.0 Å². The molecule has 29 heteroatoms. The number of ether oxygens (including phenoxy) is 3. The zero-order chi connectivity index (χ0) is 51.7. The number of amides is 4. The fourth-order valence-electron chi connectivity index (χ4n) is 8.91. The summed E-state index contributed by atoms with van der Waals surface area (Å²) < 4.78 is 104. The van der Waals surface area contributed by atoms with Gasteiger partial charge in [-0.25, -0.2) is 13.7 Å². The number of hydrogen-bond acceptors (Lipinski definition) is 13. The van der Waals surface area contributed by atoms with Crippen LogP contribution in [-0.2, 0) is 69.8 Å². The molecule has 73 heavy (non-hydrogen) atoms. The Morgan fingerprint density at radius 2 is 1.19 bits per heavy atom. The average Bonchev–Trinajstić information content (AvgIpc) is 4.15. The second-order valence-electron chi connectivity index (χ2n) is 17.5. The van der Waals surface area contributed by atoms with Crippen molar-refractivity contribution in [1.29, 1.82) is 0 Å². The van der Waals surface area contributed by atoms with E-state index in [0.717, 1.165) is 46.3 Å². The van der Waals surface area contributed by atoms with Gasteiger partial charge in [0.1, 0.15) is 48.4 Å². The molecule has 2 aromatic carbocycles. The molecule has 3 N–H and O–H groups in total. The van der Waals surface area contributed by atoms with Crippen LogP contribution in [0, 0.1) is 5.82 Å². The third-order valence-electron chi connectivity index (χ3n) is 12.8. The molecule has 386 valence electrons. The van der Waals surface area contributed by atoms with Crippen molar-refractivity contribution >= 4 is 24.0 Å². The Bertz CT molecular complexity index is 2960. The second-order valence-corrected chi connectivity index (χ2v) is 17.5. The summed E-state index contributed by atoms with van der Waals surface area (Å²) in [4.78, 5) is 55.6. The van der Waals surface area contributed by atoms with Gasteiger partial charge in [0.15, 0.2) is 11.4 Å². The number of halogens is 7. The van der Waals surface area contributed by atoms with Gasteiger partial charge in [-0.2, -0.15) is 15.0 Å². The molecule has 0 saturated carbocycles. The van der Waals surface area contributed by atoms with Gasteiger partial charge in [-0.1, -0.05) is 10.4 Å². The van der Waals surface area contributed by atoms with Crippen LogP contribution in [0.1, 0.15) is 66.3 Å². The third kappa shape index (κ3) is 11.7. The fourth-order valence-corrected chi connectivity index (χ4v) is 8.91. The number of carbonyl (C=O) groups excluding carboxylic acids is 3. The quantitative estimate of drug-likeness (QED) is 0.137. The van der Waals surface area contributed by atoms with E-state index in [1.807, 2.05) is 0 Å². The number of H-pyrrole nitrogens is 2. The van der Waals surface area contributed by atoms with E-state index < -0.39 is 43.1 Å². The van der Waals surface area contributed by atoms with E-state index in [1.165, 1.54) is 29.2 Å². The zero-order valence-electron chi connectivity index (χ0n) is 38.3. The number of nitrogens with zero attached hydrogens (tertiary/aromatic N) is 12. The standard InChI is InChI=1S/C22H21F4N7O4.C22H22F3N7O4/c23-16-10-15(37-22(24,25)26)2-1-13(16)12-36-21(35)31-5-3-14-9-18(29-33(14)8-7-31)20(34)32-6-4-17-19(11-32)28-30-27-17;23-22(24,25)36-16-3-1-14(2-4-16)13-32(21(34)35)9-6-15-11-18(28-31(15)8-10-32)20(33)30-7-5-17-19(12-30)27-29-26-17/h1-2,9-10H,3-8,11-12H2,(H,27,28,30);1-4,11H,5-10,12-13H2,(H-,26,27,29,34,35)/p+1. The van der Waals surface area contributed by atoms with Crippen molar-refractivity contribution in [3.63, 3.8) is 0 Å². The minimum absolute atomic E-state index is 0.0893. The molecule has 0 bridgehead atoms. The molecule has 0 radical (unpaired) electrons. The van der Waals surface area contributed by atoms with E-state index in [-0.39, 0.29) is 66.9 Å². The molecule has 1 unspecified atom stereocenters. The summed E-state index contributed by atoms with van der Waals surface area (Å²) >= 11 is 0. The van der Waals surface area contributed by atoms with Crippen molar-refractivity contribution in [1.82, 2.24) is 65.1 Å². The van der Waals surface area contributed by atoms with Gasteiger partial charge in [0.2, 0.25) is 0 Å². The first-order valence-electron chi connectivity index (χ1n) is 22.7. The second kappa shape index (κ2) is 20.2. The summed E-state index contributed by atoms with van der Waals surface area (Å²) in [5, 5.41) is 40.2. The zero-order valence-corrected chi connectivity index (χ0v) is 38.3. The van der Waals surface area contributed by atoms with Crippen molar-refractivity contribution < 1.29 is 73.7 Å². The number of rotatable bonds is 8. The highest BCUT2D eigenvalue weighted by Gasteiger charge is 2.40. The van der Waals surface area contributed by atoms with Gasteiger partial charge in [0.25, 0.3) is 11.8 Å². The first-order valence-corrected chi connectivity index (χ1v) is 22.7. The Hall–Kier alpha value is -8.11. The topological polar surface area (TPSA) is 245 Å². The summed E-state index contributed by atoms with van der Waals surface area (Å²) in [5.74, 6) is -2.49. The lowest BCUT2D eigenvalue weighted by Crippen LogP contribution is -2.53. The Kier molecular flexibility index (Phi) is 13.8. The first-order chi connectivity index (χ1) is 34.8. The number of carboxylic acid groups (broad SMARTS) is 1. The van der Waals surface area contributed by atoms with Crippen LogP contribution in [0.15, 0.2) is 54.6 Å². The van der Waals surface area contributed by atoms with Crippen LogP contribution < -0.4 is 9.47 Å². The van der Waals surface area contributed by atoms with Crippen LogP contribution in [0.4, 0.5) is 40.3 Å². The number of aromatic nitrogens is 10. The first kappa shape index (κ1) is 49.9. The predicted octanol–water partition coefficient (Wildman–Crippen LogP) is 4.78. The number of carbonyl (C=O) groups is 4. The smallest absolute Gasteiger partial charge is 0.444 e. The third-order valence-corrected chi connectivity index (χ3v) is 12.8. The molecule has 4 amide bonds. The highest BCUT2D eigenvalue weighted by Crippen LogP contribution is 2.28. The Labute approximate surface area is 407 Å². The van der Waals surface area contributed by atoms with Crippen LogP contribution in [0.2, 0.25) is 0 Å². The number of benzene rings is 2. The molecule has 0 spiro atoms. The van der Waals surface area contributed by atoms with Gasteiger partial charge < -0.3 is 34.0 Å². The van der Waals surface area contributed by atoms with Crippen molar-refractivity contribution in [2.24, 2.45) is 0 Å². The highest BCUT2D eigenvalue weighted by atomic mass is 19.4. The Balaban J connectivity index is 0.000000180. The van der Waals surface area contributed by atoms with Crippen molar-refractivity contribution in [2.75, 3.05) is 39.3 Å². The molecular formula is C44H44F7N14O8+. The number of nitrogens with one attached hydrogen (secondary N) is 2. The summed E-state index contributed by atoms with van der Waals surface area (Å²) in [6.45, 7) is 2.93. The Morgan fingerprint density at radius 1 is 0.644 bits per heavy atom. The number of hydrogen-bond donors (Lipinski definition) is 3. The highest BCUT2D eigenvalue weighted by molar-refractivity contribution is 5.93. The van der Waals surface area contributed by atoms with E-state index >= 15 is 0 Å². The lowest BCUT2D eigenvalue weighted by Gasteiger charge is -2.31. The number of quaternary nitrogens is 1. The predicted molar refractivity (Wildman–Crippen MR) is 231 cm³/mol. The SMILES string of the molecule is O=C(OCc1ccc(OC(F)(F)F)cc1F)N1CCc2cc(C(=O)N3CCc4[nH]nnc4C3)nn2CC1.O=C(c1cc2n(n1)CC[N+](Cc1ccc(OC(F)(F)F)cc1)(C(=O)O)CC2)N1CCc2[nH]nnc2C1. The van der Waals surface area contributed by atoms with Gasteiger partial charge in [-0.15, -0.1) is 36.5 Å². The molecule has 1 atom stereocenters. The monoisotopic (exact) mass is 1030 g/mol. The van der Waals surface area contributed by atoms with Crippen LogP contribution in [0.5, 0.6) is 11.5 Å². The van der Waals surface area contributed by atoms with E-state index in [0.29, 0.717) is 81.4 Å². The van der Waals surface area contributed by atoms with E-state index in [1.54, 1.807) is 31.3 Å². The molecular weight excluding hydrogens is 986 g/mol. The van der Waals surface area contributed by atoms with Gasteiger partial charge in [0.05, 0.1) is 44.1 Å². The minimum Gasteiger partial charge on any atom is -0.444 e. The summed E-state index contributed by atoms with van der Waals surface area (Å²) in [5.41, 5.74) is 5.94. The molecule has 4 aliphatic rings. The number of aromatic amines is 2. The lowest BCUT2D eigenvalue weighted by atomic mass is 10.1. The summed E-state index contributed by atoms with van der Waals surface area (Å²) in [6, 6.07) is 11.2. The van der Waals surface area contributed by atoms with Gasteiger partial charge in [-0.3, -0.25) is 29.2 Å².